The van der Waals surface area contributed by atoms with Crippen LogP contribution < -0.4 is 5.73 Å². The molecule has 0 bridgehead atoms. The van der Waals surface area contributed by atoms with E-state index in [2.05, 4.69) is 11.8 Å². The van der Waals surface area contributed by atoms with Crippen LogP contribution in [0.1, 0.15) is 33.1 Å². The number of carbonyl (C=O) groups excluding carboxylic acids is 3. The topological polar surface area (TPSA) is 154 Å². The zero-order valence-corrected chi connectivity index (χ0v) is 25.1. The molecule has 1 amide bonds. The van der Waals surface area contributed by atoms with E-state index in [9.17, 15) is 29.7 Å². The lowest BCUT2D eigenvalue weighted by atomic mass is 9.58. The van der Waals surface area contributed by atoms with E-state index >= 15 is 0 Å². The molecule has 0 spiro atoms. The molecule has 4 unspecified atom stereocenters. The van der Waals surface area contributed by atoms with Crippen molar-refractivity contribution >= 4 is 17.5 Å². The summed E-state index contributed by atoms with van der Waals surface area (Å²) in [5, 5.41) is 34.0. The largest absolute Gasteiger partial charge is 0.510 e. The molecule has 10 heteroatoms. The molecular formula is C32H39N3O7. The summed E-state index contributed by atoms with van der Waals surface area (Å²) in [5.74, 6) is 0.323. The van der Waals surface area contributed by atoms with Crippen molar-refractivity contribution in [3.63, 3.8) is 0 Å². The van der Waals surface area contributed by atoms with Crippen molar-refractivity contribution in [2.75, 3.05) is 35.3 Å². The number of primary amides is 1. The zero-order chi connectivity index (χ0) is 31.2. The maximum Gasteiger partial charge on any atom is 0.255 e. The summed E-state index contributed by atoms with van der Waals surface area (Å²) in [4.78, 5) is 43.2. The first kappa shape index (κ1) is 30.7. The van der Waals surface area contributed by atoms with Crippen LogP contribution in [0.3, 0.4) is 0 Å². The molecule has 5 N–H and O–H groups in total. The van der Waals surface area contributed by atoms with E-state index in [0.717, 1.165) is 11.3 Å². The smallest absolute Gasteiger partial charge is 0.255 e. The molecule has 4 aliphatic rings. The summed E-state index contributed by atoms with van der Waals surface area (Å²) in [6.07, 6.45) is 4.66. The number of ether oxygens (including phenoxy) is 1. The summed E-state index contributed by atoms with van der Waals surface area (Å²) in [7, 11) is 8.71. The second-order valence-electron chi connectivity index (χ2n) is 11.6. The van der Waals surface area contributed by atoms with Gasteiger partial charge in [0.25, 0.3) is 5.91 Å². The standard InChI is InChI=1S/C32H39N3O7/c1-8-16(11-15(2)42-7)9-10-17-14-21(34(3)4)19-12-18-13-20-24(29(38)22(18)28(37)23(19)27(17)36)30(39)25(32(33)41)31(40)26(20)35(5)6/h8,11,17-18,20,24,26,36-37,40H,12-14H2,1-7H3,(H2,33,41)/b15-11+,16-8-/t17?,18-,20?,24?,26?/m0/s1. The van der Waals surface area contributed by atoms with Gasteiger partial charge in [0.1, 0.15) is 22.9 Å². The van der Waals surface area contributed by atoms with E-state index in [4.69, 9.17) is 10.5 Å². The fourth-order valence-corrected chi connectivity index (χ4v) is 6.74. The van der Waals surface area contributed by atoms with Crippen LogP contribution in [0.25, 0.3) is 0 Å². The van der Waals surface area contributed by atoms with Gasteiger partial charge < -0.3 is 30.7 Å². The second-order valence-corrected chi connectivity index (χ2v) is 11.6. The minimum Gasteiger partial charge on any atom is -0.510 e. The molecule has 1 fully saturated rings. The number of amides is 1. The minimum atomic E-state index is -1.29. The number of Topliss-reactive ketones (excluding diaryl/α,β-unsaturated/α-hetero) is 2. The molecule has 4 rings (SSSR count). The van der Waals surface area contributed by atoms with Crippen LogP contribution >= 0.6 is 0 Å². The lowest BCUT2D eigenvalue weighted by Gasteiger charge is -2.47. The number of ketones is 2. The Labute approximate surface area is 246 Å². The molecule has 4 aliphatic carbocycles. The van der Waals surface area contributed by atoms with E-state index in [1.165, 1.54) is 0 Å². The molecule has 0 heterocycles. The Morgan fingerprint density at radius 1 is 1.07 bits per heavy atom. The van der Waals surface area contributed by atoms with Crippen LogP contribution in [0.4, 0.5) is 0 Å². The number of allylic oxidation sites excluding steroid dienone is 8. The van der Waals surface area contributed by atoms with Crippen molar-refractivity contribution in [2.45, 2.75) is 39.2 Å². The van der Waals surface area contributed by atoms with Crippen molar-refractivity contribution < 1.29 is 34.4 Å². The number of aliphatic hydroxyl groups excluding tert-OH is 3. The number of methoxy groups -OCH3 is 1. The minimum absolute atomic E-state index is 0.0529. The number of nitrogens with zero attached hydrogens (tertiary/aromatic N) is 2. The number of carbonyl (C=O) groups is 3. The van der Waals surface area contributed by atoms with Gasteiger partial charge in [0.2, 0.25) is 0 Å². The highest BCUT2D eigenvalue weighted by Crippen LogP contribution is 2.53. The lowest BCUT2D eigenvalue weighted by molar-refractivity contribution is -0.137. The van der Waals surface area contributed by atoms with Gasteiger partial charge in [-0.3, -0.25) is 19.3 Å². The number of rotatable bonds is 5. The molecule has 0 aromatic heterocycles. The highest BCUT2D eigenvalue weighted by atomic mass is 16.5. The molecule has 0 aromatic carbocycles. The van der Waals surface area contributed by atoms with Crippen LogP contribution in [0.5, 0.6) is 0 Å². The second kappa shape index (κ2) is 11.6. The van der Waals surface area contributed by atoms with E-state index < -0.39 is 58.5 Å². The van der Waals surface area contributed by atoms with Gasteiger partial charge in [0.05, 0.1) is 36.3 Å². The fourth-order valence-electron chi connectivity index (χ4n) is 6.74. The average molecular weight is 578 g/mol. The Morgan fingerprint density at radius 3 is 2.29 bits per heavy atom. The molecule has 10 nitrogen and oxygen atoms in total. The van der Waals surface area contributed by atoms with E-state index in [0.29, 0.717) is 30.6 Å². The van der Waals surface area contributed by atoms with Gasteiger partial charge in [-0.25, -0.2) is 0 Å². The van der Waals surface area contributed by atoms with Crippen molar-refractivity contribution in [1.82, 2.24) is 9.80 Å². The Morgan fingerprint density at radius 2 is 1.74 bits per heavy atom. The first-order chi connectivity index (χ1) is 19.7. The summed E-state index contributed by atoms with van der Waals surface area (Å²) in [5.41, 5.74) is 7.36. The van der Waals surface area contributed by atoms with Crippen molar-refractivity contribution in [3.05, 3.63) is 68.8 Å². The van der Waals surface area contributed by atoms with Crippen LogP contribution in [-0.2, 0) is 19.1 Å². The normalized spacial score (nSPS) is 28.3. The van der Waals surface area contributed by atoms with Crippen LogP contribution in [0.15, 0.2) is 68.8 Å². The fraction of sp³-hybridized carbons (Fsp3) is 0.469. The van der Waals surface area contributed by atoms with Crippen molar-refractivity contribution in [3.8, 4) is 11.8 Å². The highest BCUT2D eigenvalue weighted by molar-refractivity contribution is 6.27. The van der Waals surface area contributed by atoms with Gasteiger partial charge in [-0.1, -0.05) is 17.9 Å². The third kappa shape index (κ3) is 5.02. The molecule has 5 atom stereocenters. The Bertz CT molecular complexity index is 1490. The first-order valence-corrected chi connectivity index (χ1v) is 13.9. The summed E-state index contributed by atoms with van der Waals surface area (Å²) >= 11 is 0. The van der Waals surface area contributed by atoms with Crippen molar-refractivity contribution in [2.24, 2.45) is 29.4 Å². The SMILES string of the molecule is C/C=C(C#CC1CC(N(C)C)=C2C[C@H]3CC4C(C(=O)C(C(N)=O)=C(O)C4N(C)C)C(=O)C3=C(O)C2=C1O)\C=C(/C)OC. The van der Waals surface area contributed by atoms with Gasteiger partial charge in [-0.2, -0.15) is 0 Å². The summed E-state index contributed by atoms with van der Waals surface area (Å²) in [6.45, 7) is 3.65. The van der Waals surface area contributed by atoms with Gasteiger partial charge >= 0.3 is 0 Å². The summed E-state index contributed by atoms with van der Waals surface area (Å²) in [6, 6.07) is -0.780. The molecule has 0 aromatic rings. The van der Waals surface area contributed by atoms with Gasteiger partial charge in [0, 0.05) is 37.4 Å². The zero-order valence-electron chi connectivity index (χ0n) is 25.1. The number of aliphatic hydroxyl groups is 3. The lowest BCUT2D eigenvalue weighted by Crippen LogP contribution is -2.55. The molecule has 0 saturated heterocycles. The van der Waals surface area contributed by atoms with Gasteiger partial charge in [-0.05, 0) is 64.3 Å². The number of likely N-dealkylation sites (N-methyl/N-ethyl adjacent to an activating group) is 1. The predicted molar refractivity (Wildman–Crippen MR) is 156 cm³/mol. The maximum absolute atomic E-state index is 14.0. The highest BCUT2D eigenvalue weighted by Gasteiger charge is 2.56. The van der Waals surface area contributed by atoms with Crippen LogP contribution in [0.2, 0.25) is 0 Å². The molecule has 1 saturated carbocycles. The third-order valence-electron chi connectivity index (χ3n) is 8.71. The Hall–Kier alpha value is -4.23. The quantitative estimate of drug-likeness (QED) is 0.127. The molecule has 42 heavy (non-hydrogen) atoms. The number of hydrogen-bond acceptors (Lipinski definition) is 9. The van der Waals surface area contributed by atoms with Gasteiger partial charge in [-0.15, -0.1) is 0 Å². The number of hydrogen-bond donors (Lipinski definition) is 4. The first-order valence-electron chi connectivity index (χ1n) is 13.9. The maximum atomic E-state index is 14.0. The molecule has 0 aliphatic heterocycles. The Kier molecular flexibility index (Phi) is 8.46. The summed E-state index contributed by atoms with van der Waals surface area (Å²) < 4.78 is 5.22. The van der Waals surface area contributed by atoms with Gasteiger partial charge in [0.15, 0.2) is 11.6 Å². The molecular weight excluding hydrogens is 538 g/mol. The number of fused-ring (bicyclic) bond motifs is 3. The van der Waals surface area contributed by atoms with Crippen LogP contribution in [0, 0.1) is 35.5 Å². The van der Waals surface area contributed by atoms with Crippen LogP contribution in [-0.4, -0.2) is 83.9 Å². The predicted octanol–water partition coefficient (Wildman–Crippen LogP) is 2.98. The van der Waals surface area contributed by atoms with E-state index in [-0.39, 0.29) is 22.7 Å². The monoisotopic (exact) mass is 577 g/mol. The number of nitrogens with two attached hydrogens (primary N) is 1. The average Bonchev–Trinajstić information content (AvgIpc) is 2.90. The molecule has 0 radical (unpaired) electrons. The van der Waals surface area contributed by atoms with E-state index in [1.54, 1.807) is 39.1 Å². The molecule has 224 valence electrons. The Balaban J connectivity index is 1.86. The van der Waals surface area contributed by atoms with E-state index in [1.807, 2.05) is 32.0 Å². The van der Waals surface area contributed by atoms with Crippen molar-refractivity contribution in [1.29, 1.82) is 0 Å². The third-order valence-corrected chi connectivity index (χ3v) is 8.71.